The lowest BCUT2D eigenvalue weighted by molar-refractivity contribution is 0.113. The highest BCUT2D eigenvalue weighted by Gasteiger charge is 2.23. The van der Waals surface area contributed by atoms with Crippen LogP contribution in [0.15, 0.2) is 18.3 Å². The molecule has 0 amide bonds. The van der Waals surface area contributed by atoms with Crippen LogP contribution in [0.1, 0.15) is 19.0 Å². The van der Waals surface area contributed by atoms with Gasteiger partial charge in [-0.25, -0.2) is 0 Å². The molecule has 2 unspecified atom stereocenters. The van der Waals surface area contributed by atoms with Gasteiger partial charge in [0.1, 0.15) is 0 Å². The second kappa shape index (κ2) is 4.92. The number of hydrogen-bond acceptors (Lipinski definition) is 3. The van der Waals surface area contributed by atoms with E-state index in [9.17, 15) is 0 Å². The number of hydrogen-bond donors (Lipinski definition) is 1. The van der Waals surface area contributed by atoms with E-state index in [2.05, 4.69) is 17.2 Å². The number of halogens is 1. The first-order valence-corrected chi connectivity index (χ1v) is 5.59. The molecular weight excluding hydrogens is 212 g/mol. The van der Waals surface area contributed by atoms with Crippen molar-refractivity contribution in [3.05, 3.63) is 29.0 Å². The molecule has 4 heteroatoms. The summed E-state index contributed by atoms with van der Waals surface area (Å²) < 4.78 is 5.47. The van der Waals surface area contributed by atoms with E-state index in [-0.39, 0.29) is 0 Å². The summed E-state index contributed by atoms with van der Waals surface area (Å²) in [4.78, 5) is 4.23. The average Bonchev–Trinajstić information content (AvgIpc) is 2.63. The molecule has 2 heterocycles. The Labute approximate surface area is 94.8 Å². The fraction of sp³-hybridized carbons (Fsp3) is 0.545. The second-order valence-corrected chi connectivity index (χ2v) is 4.26. The van der Waals surface area contributed by atoms with Gasteiger partial charge in [-0.2, -0.15) is 0 Å². The summed E-state index contributed by atoms with van der Waals surface area (Å²) in [5.41, 5.74) is 1.01. The van der Waals surface area contributed by atoms with Crippen LogP contribution in [0.2, 0.25) is 5.02 Å². The number of nitrogens with one attached hydrogen (secondary N) is 1. The van der Waals surface area contributed by atoms with Crippen LogP contribution in [-0.4, -0.2) is 23.7 Å². The number of ether oxygens (including phenoxy) is 1. The van der Waals surface area contributed by atoms with Crippen LogP contribution in [0.5, 0.6) is 0 Å². The molecule has 0 aromatic carbocycles. The fourth-order valence-electron chi connectivity index (χ4n) is 1.75. The van der Waals surface area contributed by atoms with Gasteiger partial charge in [-0.3, -0.25) is 4.98 Å². The van der Waals surface area contributed by atoms with Gasteiger partial charge in [0.15, 0.2) is 0 Å². The van der Waals surface area contributed by atoms with Gasteiger partial charge in [0.25, 0.3) is 0 Å². The number of pyridine rings is 1. The third-order valence-corrected chi connectivity index (χ3v) is 2.93. The summed E-state index contributed by atoms with van der Waals surface area (Å²) in [6.45, 7) is 3.72. The summed E-state index contributed by atoms with van der Waals surface area (Å²) in [7, 11) is 0. The Morgan fingerprint density at radius 1 is 1.60 bits per heavy atom. The Balaban J connectivity index is 1.85. The minimum Gasteiger partial charge on any atom is -0.377 e. The van der Waals surface area contributed by atoms with E-state index in [0.29, 0.717) is 17.2 Å². The molecule has 15 heavy (non-hydrogen) atoms. The van der Waals surface area contributed by atoms with E-state index in [4.69, 9.17) is 16.3 Å². The second-order valence-electron chi connectivity index (χ2n) is 3.82. The van der Waals surface area contributed by atoms with E-state index in [0.717, 1.165) is 25.3 Å². The Bertz CT molecular complexity index is 315. The smallest absolute Gasteiger partial charge is 0.0700 e. The fourth-order valence-corrected chi connectivity index (χ4v) is 1.86. The van der Waals surface area contributed by atoms with Crippen LogP contribution in [0.3, 0.4) is 0 Å². The quantitative estimate of drug-likeness (QED) is 0.856. The van der Waals surface area contributed by atoms with Crippen LogP contribution in [0.25, 0.3) is 0 Å². The summed E-state index contributed by atoms with van der Waals surface area (Å²) in [6.07, 6.45) is 3.05. The van der Waals surface area contributed by atoms with Crippen LogP contribution in [-0.2, 0) is 11.3 Å². The Hall–Kier alpha value is -0.640. The maximum Gasteiger partial charge on any atom is 0.0700 e. The van der Waals surface area contributed by atoms with Crippen molar-refractivity contribution in [1.82, 2.24) is 10.3 Å². The van der Waals surface area contributed by atoms with Gasteiger partial charge in [-0.15, -0.1) is 0 Å². The monoisotopic (exact) mass is 226 g/mol. The molecule has 1 aliphatic heterocycles. The molecule has 1 aliphatic rings. The molecule has 0 radical (unpaired) electrons. The summed E-state index contributed by atoms with van der Waals surface area (Å²) >= 11 is 5.76. The minimum absolute atomic E-state index is 0.303. The Morgan fingerprint density at radius 2 is 2.47 bits per heavy atom. The van der Waals surface area contributed by atoms with E-state index < -0.39 is 0 Å². The lowest BCUT2D eigenvalue weighted by atomic mass is 10.1. The largest absolute Gasteiger partial charge is 0.377 e. The summed E-state index contributed by atoms with van der Waals surface area (Å²) in [5.74, 6) is 0. The highest BCUT2D eigenvalue weighted by atomic mass is 35.5. The third kappa shape index (κ3) is 2.91. The molecule has 2 atom stereocenters. The van der Waals surface area contributed by atoms with Crippen LogP contribution < -0.4 is 5.32 Å². The summed E-state index contributed by atoms with van der Waals surface area (Å²) in [5, 5.41) is 4.11. The van der Waals surface area contributed by atoms with Gasteiger partial charge in [-0.1, -0.05) is 11.6 Å². The number of aromatic nitrogens is 1. The van der Waals surface area contributed by atoms with E-state index in [1.807, 2.05) is 12.1 Å². The van der Waals surface area contributed by atoms with E-state index in [1.165, 1.54) is 0 Å². The molecule has 1 fully saturated rings. The average molecular weight is 227 g/mol. The molecular formula is C11H15ClN2O. The number of nitrogens with zero attached hydrogens (tertiary/aromatic N) is 1. The molecule has 82 valence electrons. The minimum atomic E-state index is 0.303. The summed E-state index contributed by atoms with van der Waals surface area (Å²) in [6, 6.07) is 4.25. The molecule has 0 aliphatic carbocycles. The van der Waals surface area contributed by atoms with Crippen LogP contribution >= 0.6 is 11.6 Å². The highest BCUT2D eigenvalue weighted by Crippen LogP contribution is 2.13. The number of rotatable bonds is 3. The van der Waals surface area contributed by atoms with Gasteiger partial charge in [-0.05, 0) is 25.5 Å². The van der Waals surface area contributed by atoms with Gasteiger partial charge >= 0.3 is 0 Å². The molecule has 1 saturated heterocycles. The lowest BCUT2D eigenvalue weighted by Gasteiger charge is -2.15. The van der Waals surface area contributed by atoms with Gasteiger partial charge in [0.05, 0.1) is 16.8 Å². The maximum absolute atomic E-state index is 5.76. The standard InChI is InChI=1S/C11H15ClN2O/c1-8-11(4-5-15-8)14-7-10-3-2-9(12)6-13-10/h2-3,6,8,11,14H,4-5,7H2,1H3. The predicted molar refractivity (Wildman–Crippen MR) is 59.9 cm³/mol. The molecule has 3 nitrogen and oxygen atoms in total. The third-order valence-electron chi connectivity index (χ3n) is 2.71. The molecule has 0 bridgehead atoms. The maximum atomic E-state index is 5.76. The molecule has 0 saturated carbocycles. The Morgan fingerprint density at radius 3 is 3.07 bits per heavy atom. The van der Waals surface area contributed by atoms with Crippen molar-refractivity contribution < 1.29 is 4.74 Å². The van der Waals surface area contributed by atoms with Crippen molar-refractivity contribution in [3.8, 4) is 0 Å². The SMILES string of the molecule is CC1OCCC1NCc1ccc(Cl)cn1. The topological polar surface area (TPSA) is 34.1 Å². The van der Waals surface area contributed by atoms with E-state index in [1.54, 1.807) is 6.20 Å². The van der Waals surface area contributed by atoms with Crippen molar-refractivity contribution >= 4 is 11.6 Å². The molecule has 1 N–H and O–H groups in total. The first kappa shape index (κ1) is 10.9. The normalized spacial score (nSPS) is 25.7. The van der Waals surface area contributed by atoms with Gasteiger partial charge in [0.2, 0.25) is 0 Å². The highest BCUT2D eigenvalue weighted by molar-refractivity contribution is 6.30. The van der Waals surface area contributed by atoms with Crippen molar-refractivity contribution in [2.75, 3.05) is 6.61 Å². The van der Waals surface area contributed by atoms with Crippen molar-refractivity contribution in [3.63, 3.8) is 0 Å². The first-order chi connectivity index (χ1) is 7.25. The van der Waals surface area contributed by atoms with Gasteiger partial charge < -0.3 is 10.1 Å². The van der Waals surface area contributed by atoms with Crippen molar-refractivity contribution in [1.29, 1.82) is 0 Å². The van der Waals surface area contributed by atoms with Crippen molar-refractivity contribution in [2.24, 2.45) is 0 Å². The van der Waals surface area contributed by atoms with Gasteiger partial charge in [0, 0.05) is 25.4 Å². The Kier molecular flexibility index (Phi) is 3.57. The first-order valence-electron chi connectivity index (χ1n) is 5.21. The zero-order valence-electron chi connectivity index (χ0n) is 8.74. The molecule has 0 spiro atoms. The predicted octanol–water partition coefficient (Wildman–Crippen LogP) is 2.00. The molecule has 2 rings (SSSR count). The zero-order valence-corrected chi connectivity index (χ0v) is 9.50. The van der Waals surface area contributed by atoms with Crippen LogP contribution in [0.4, 0.5) is 0 Å². The lowest BCUT2D eigenvalue weighted by Crippen LogP contribution is -2.34. The molecule has 1 aromatic heterocycles. The zero-order chi connectivity index (χ0) is 10.7. The molecule has 1 aromatic rings. The van der Waals surface area contributed by atoms with Crippen LogP contribution in [0, 0.1) is 0 Å². The van der Waals surface area contributed by atoms with E-state index >= 15 is 0 Å². The van der Waals surface area contributed by atoms with Crippen molar-refractivity contribution in [2.45, 2.75) is 32.0 Å².